The number of hydrogen-bond donors (Lipinski definition) is 0. The molecule has 86 valence electrons. The summed E-state index contributed by atoms with van der Waals surface area (Å²) < 4.78 is 21.3. The van der Waals surface area contributed by atoms with Crippen molar-refractivity contribution in [3.63, 3.8) is 0 Å². The van der Waals surface area contributed by atoms with Crippen LogP contribution in [-0.4, -0.2) is 19.7 Å². The van der Waals surface area contributed by atoms with Crippen molar-refractivity contribution in [2.24, 2.45) is 0 Å². The molecule has 18 heavy (non-hydrogen) atoms. The van der Waals surface area contributed by atoms with E-state index < -0.39 is 39.0 Å². The normalized spacial score (nSPS) is 10.7. The molecule has 0 radical (unpaired) electrons. The van der Waals surface area contributed by atoms with E-state index in [1.165, 1.54) is 6.07 Å². The summed E-state index contributed by atoms with van der Waals surface area (Å²) in [6.07, 6.45) is -0.507. The minimum absolute atomic E-state index is 0. The van der Waals surface area contributed by atoms with Crippen LogP contribution in [0.15, 0.2) is 23.1 Å². The van der Waals surface area contributed by atoms with Gasteiger partial charge in [0.05, 0.1) is 4.92 Å². The first-order chi connectivity index (χ1) is 7.41. The number of carbonyl (C=O) groups is 1. The van der Waals surface area contributed by atoms with E-state index in [0.29, 0.717) is 0 Å². The summed E-state index contributed by atoms with van der Waals surface area (Å²) >= 11 is -2.74. The molecule has 0 aliphatic rings. The second-order valence-electron chi connectivity index (χ2n) is 2.84. The van der Waals surface area contributed by atoms with Gasteiger partial charge < -0.3 is 14.5 Å². The maximum atomic E-state index is 10.6. The summed E-state index contributed by atoms with van der Waals surface area (Å²) in [4.78, 5) is 19.4. The summed E-state index contributed by atoms with van der Waals surface area (Å²) in [6, 6.07) is 3.08. The molecule has 0 aliphatic carbocycles. The standard InChI is InChI=1S/C8H7NO6S.2Na/c10-8(11)4-5-1-2-7(16(14)15)6(3-5)9(12)13;;/h1-3H,4H2,(H,10,11)(H,14,15);;/q;2*+1/p-2. The second kappa shape index (κ2) is 9.16. The molecule has 0 amide bonds. The van der Waals surface area contributed by atoms with Gasteiger partial charge in [0.15, 0.2) is 0 Å². The van der Waals surface area contributed by atoms with E-state index >= 15 is 0 Å². The zero-order chi connectivity index (χ0) is 12.3. The molecular weight excluding hydrogens is 284 g/mol. The predicted octanol–water partition coefficient (Wildman–Crippen LogP) is -6.87. The molecule has 0 saturated heterocycles. The molecule has 0 N–H and O–H groups in total. The molecular formula is C8H5NNa2O6S. The van der Waals surface area contributed by atoms with Gasteiger partial charge in [-0.25, -0.2) is 0 Å². The molecule has 1 aromatic carbocycles. The van der Waals surface area contributed by atoms with Crippen molar-refractivity contribution in [1.29, 1.82) is 0 Å². The number of carbonyl (C=O) groups excluding carboxylic acids is 1. The average molecular weight is 289 g/mol. The van der Waals surface area contributed by atoms with E-state index in [1.807, 2.05) is 0 Å². The van der Waals surface area contributed by atoms with Gasteiger partial charge in [-0.1, -0.05) is 6.07 Å². The number of nitro benzene ring substituents is 1. The van der Waals surface area contributed by atoms with Crippen molar-refractivity contribution in [2.45, 2.75) is 11.3 Å². The Kier molecular flexibility index (Phi) is 10.4. The van der Waals surface area contributed by atoms with Crippen molar-refractivity contribution in [3.05, 3.63) is 33.9 Å². The Labute approximate surface area is 149 Å². The molecule has 0 fully saturated rings. The number of nitro groups is 1. The fourth-order valence-electron chi connectivity index (χ4n) is 1.12. The number of carboxylic acid groups (broad SMARTS) is 1. The van der Waals surface area contributed by atoms with Crippen molar-refractivity contribution < 1.29 is 82.7 Å². The molecule has 1 atom stereocenters. The van der Waals surface area contributed by atoms with E-state index in [1.54, 1.807) is 0 Å². The number of hydrogen-bond acceptors (Lipinski definition) is 6. The molecule has 1 rings (SSSR count). The van der Waals surface area contributed by atoms with Gasteiger partial charge in [0.25, 0.3) is 5.69 Å². The van der Waals surface area contributed by atoms with Crippen molar-refractivity contribution in [3.8, 4) is 0 Å². The van der Waals surface area contributed by atoms with Crippen LogP contribution in [0.3, 0.4) is 0 Å². The molecule has 0 saturated carbocycles. The van der Waals surface area contributed by atoms with Crippen molar-refractivity contribution in [2.75, 3.05) is 0 Å². The van der Waals surface area contributed by atoms with Crippen LogP contribution in [0.25, 0.3) is 0 Å². The molecule has 1 aromatic rings. The van der Waals surface area contributed by atoms with Gasteiger partial charge in [-0.15, -0.1) is 0 Å². The van der Waals surface area contributed by atoms with Gasteiger partial charge in [-0.3, -0.25) is 14.3 Å². The molecule has 1 unspecified atom stereocenters. The first kappa shape index (κ1) is 20.5. The van der Waals surface area contributed by atoms with Crippen molar-refractivity contribution >= 4 is 22.7 Å². The first-order valence-corrected chi connectivity index (χ1v) is 5.05. The maximum absolute atomic E-state index is 10.6. The minimum atomic E-state index is -2.74. The third kappa shape index (κ3) is 5.89. The van der Waals surface area contributed by atoms with Gasteiger partial charge >= 0.3 is 59.1 Å². The molecule has 0 spiro atoms. The van der Waals surface area contributed by atoms with Crippen molar-refractivity contribution in [1.82, 2.24) is 0 Å². The Morgan fingerprint density at radius 3 is 2.28 bits per heavy atom. The molecule has 0 bridgehead atoms. The monoisotopic (exact) mass is 289 g/mol. The molecule has 10 heteroatoms. The Morgan fingerprint density at radius 2 is 1.89 bits per heavy atom. The first-order valence-electron chi connectivity index (χ1n) is 3.98. The number of benzene rings is 1. The van der Waals surface area contributed by atoms with Crippen LogP contribution < -0.4 is 64.2 Å². The number of rotatable bonds is 4. The van der Waals surface area contributed by atoms with E-state index in [2.05, 4.69) is 0 Å². The second-order valence-corrected chi connectivity index (χ2v) is 3.75. The summed E-state index contributed by atoms with van der Waals surface area (Å²) in [6.45, 7) is 0. The average Bonchev–Trinajstić information content (AvgIpc) is 2.16. The number of carboxylic acids is 1. The fraction of sp³-hybridized carbons (Fsp3) is 0.125. The summed E-state index contributed by atoms with van der Waals surface area (Å²) in [5.74, 6) is -1.40. The Morgan fingerprint density at radius 1 is 1.33 bits per heavy atom. The Balaban J connectivity index is 0. The van der Waals surface area contributed by atoms with Crippen LogP contribution >= 0.6 is 0 Å². The molecule has 7 nitrogen and oxygen atoms in total. The minimum Gasteiger partial charge on any atom is -0.768 e. The van der Waals surface area contributed by atoms with Crippen LogP contribution in [0, 0.1) is 10.1 Å². The van der Waals surface area contributed by atoms with Crippen LogP contribution in [0.5, 0.6) is 0 Å². The quantitative estimate of drug-likeness (QED) is 0.235. The zero-order valence-electron chi connectivity index (χ0n) is 9.74. The van der Waals surface area contributed by atoms with E-state index in [0.717, 1.165) is 12.1 Å². The predicted molar refractivity (Wildman–Crippen MR) is 49.0 cm³/mol. The number of nitrogens with zero attached hydrogens (tertiary/aromatic N) is 1. The van der Waals surface area contributed by atoms with Crippen LogP contribution in [-0.2, 0) is 22.3 Å². The smallest absolute Gasteiger partial charge is 0.768 e. The number of aliphatic carboxylic acids is 1. The fourth-order valence-corrected chi connectivity index (χ4v) is 1.61. The SMILES string of the molecule is O=C([O-])Cc1ccc(S(=O)[O-])c([N+](=O)[O-])c1.[Na+].[Na+]. The summed E-state index contributed by atoms with van der Waals surface area (Å²) in [5.41, 5.74) is -0.534. The Bertz CT molecular complexity index is 481. The van der Waals surface area contributed by atoms with E-state index in [9.17, 15) is 28.8 Å². The summed E-state index contributed by atoms with van der Waals surface area (Å²) in [7, 11) is 0. The van der Waals surface area contributed by atoms with E-state index in [4.69, 9.17) is 0 Å². The van der Waals surface area contributed by atoms with Crippen LogP contribution in [0.1, 0.15) is 5.56 Å². The van der Waals surface area contributed by atoms with Gasteiger partial charge in [0, 0.05) is 18.5 Å². The summed E-state index contributed by atoms with van der Waals surface area (Å²) in [5, 5.41) is 20.8. The van der Waals surface area contributed by atoms with Gasteiger partial charge in [-0.2, -0.15) is 0 Å². The largest absolute Gasteiger partial charge is 1.00 e. The molecule has 0 aromatic heterocycles. The Hall–Kier alpha value is 0.200. The molecule has 0 aliphatic heterocycles. The van der Waals surface area contributed by atoms with Gasteiger partial charge in [0.1, 0.15) is 4.90 Å². The van der Waals surface area contributed by atoms with Gasteiger partial charge in [0.2, 0.25) is 0 Å². The zero-order valence-corrected chi connectivity index (χ0v) is 14.6. The topological polar surface area (TPSA) is 123 Å². The molecule has 0 heterocycles. The van der Waals surface area contributed by atoms with Gasteiger partial charge in [-0.05, 0) is 22.7 Å². The van der Waals surface area contributed by atoms with E-state index in [-0.39, 0.29) is 64.7 Å². The third-order valence-electron chi connectivity index (χ3n) is 1.75. The van der Waals surface area contributed by atoms with Crippen LogP contribution in [0.2, 0.25) is 0 Å². The third-order valence-corrected chi connectivity index (χ3v) is 2.45. The van der Waals surface area contributed by atoms with Crippen LogP contribution in [0.4, 0.5) is 5.69 Å². The maximum Gasteiger partial charge on any atom is 1.00 e.